The van der Waals surface area contributed by atoms with E-state index in [4.69, 9.17) is 8.83 Å². The van der Waals surface area contributed by atoms with Crippen molar-refractivity contribution in [3.05, 3.63) is 207 Å². The summed E-state index contributed by atoms with van der Waals surface area (Å²) in [5.41, 5.74) is 18.1. The molecule has 5 aliphatic carbocycles. The molecule has 316 valence electrons. The molecule has 64 heavy (non-hydrogen) atoms. The molecule has 4 nitrogen and oxygen atoms in total. The van der Waals surface area contributed by atoms with Crippen molar-refractivity contribution in [3.8, 4) is 0 Å². The topological polar surface area (TPSA) is 32.8 Å². The molecule has 0 saturated carbocycles. The molecular weight excluding hydrogens is 781 g/mol. The molecular formula is C60H54N2O2. The van der Waals surface area contributed by atoms with E-state index >= 15 is 0 Å². The average Bonchev–Trinajstić information content (AvgIpc) is 3.91. The van der Waals surface area contributed by atoms with Crippen molar-refractivity contribution in [1.29, 1.82) is 0 Å². The Morgan fingerprint density at radius 1 is 0.656 bits per heavy atom. The van der Waals surface area contributed by atoms with Crippen LogP contribution in [0.4, 0.5) is 17.1 Å². The number of furan rings is 2. The van der Waals surface area contributed by atoms with E-state index in [0.717, 1.165) is 46.9 Å². The first-order chi connectivity index (χ1) is 31.2. The van der Waals surface area contributed by atoms with E-state index in [1.807, 2.05) is 0 Å². The summed E-state index contributed by atoms with van der Waals surface area (Å²) in [6.07, 6.45) is 21.3. The highest BCUT2D eigenvalue weighted by Crippen LogP contribution is 2.63. The number of nitrogens with zero attached hydrogens (tertiary/aromatic N) is 2. The molecule has 0 radical (unpaired) electrons. The van der Waals surface area contributed by atoms with E-state index < -0.39 is 5.41 Å². The molecule has 0 aliphatic heterocycles. The van der Waals surface area contributed by atoms with Gasteiger partial charge in [0.15, 0.2) is 5.76 Å². The molecule has 12 rings (SSSR count). The zero-order valence-electron chi connectivity index (χ0n) is 37.6. The van der Waals surface area contributed by atoms with Gasteiger partial charge in [0.05, 0.1) is 17.4 Å². The third-order valence-electron chi connectivity index (χ3n) is 14.8. The maximum atomic E-state index is 6.93. The van der Waals surface area contributed by atoms with Gasteiger partial charge in [-0.05, 0) is 114 Å². The van der Waals surface area contributed by atoms with Crippen LogP contribution in [0, 0.1) is 11.3 Å². The van der Waals surface area contributed by atoms with E-state index in [-0.39, 0.29) is 17.9 Å². The van der Waals surface area contributed by atoms with Crippen LogP contribution in [0.2, 0.25) is 0 Å². The van der Waals surface area contributed by atoms with E-state index in [2.05, 4.69) is 215 Å². The Bertz CT molecular complexity index is 3220. The lowest BCUT2D eigenvalue weighted by Crippen LogP contribution is -2.43. The van der Waals surface area contributed by atoms with Crippen molar-refractivity contribution in [2.75, 3.05) is 9.80 Å². The van der Waals surface area contributed by atoms with Gasteiger partial charge in [-0.2, -0.15) is 0 Å². The van der Waals surface area contributed by atoms with E-state index in [1.54, 1.807) is 0 Å². The summed E-state index contributed by atoms with van der Waals surface area (Å²) in [5, 5.41) is 2.38. The number of para-hydroxylation sites is 4. The quantitative estimate of drug-likeness (QED) is 0.153. The summed E-state index contributed by atoms with van der Waals surface area (Å²) in [6, 6.07) is 41.5. The number of hydrogen-bond acceptors (Lipinski definition) is 4. The molecule has 0 saturated heterocycles. The highest BCUT2D eigenvalue weighted by atomic mass is 16.3. The normalized spacial score (nSPS) is 21.6. The molecule has 5 aromatic carbocycles. The second-order valence-electron chi connectivity index (χ2n) is 19.3. The highest BCUT2D eigenvalue weighted by molar-refractivity contribution is 5.98. The molecule has 0 spiro atoms. The molecule has 5 aliphatic rings. The van der Waals surface area contributed by atoms with Crippen molar-refractivity contribution in [1.82, 2.24) is 0 Å². The van der Waals surface area contributed by atoms with Crippen molar-refractivity contribution in [2.24, 2.45) is 11.3 Å². The molecule has 4 unspecified atom stereocenters. The van der Waals surface area contributed by atoms with E-state index in [1.165, 1.54) is 72.4 Å². The molecule has 0 N–H and O–H groups in total. The molecule has 0 amide bonds. The first-order valence-corrected chi connectivity index (χ1v) is 23.3. The zero-order chi connectivity index (χ0) is 43.4. The zero-order valence-corrected chi connectivity index (χ0v) is 37.6. The molecule has 0 bridgehead atoms. The van der Waals surface area contributed by atoms with Crippen LogP contribution in [-0.2, 0) is 0 Å². The fourth-order valence-electron chi connectivity index (χ4n) is 11.8. The Hall–Kier alpha value is -6.78. The van der Waals surface area contributed by atoms with Gasteiger partial charge in [0.25, 0.3) is 0 Å². The third-order valence-corrected chi connectivity index (χ3v) is 14.8. The Morgan fingerprint density at radius 2 is 1.34 bits per heavy atom. The lowest BCUT2D eigenvalue weighted by atomic mass is 9.56. The summed E-state index contributed by atoms with van der Waals surface area (Å²) in [5.74, 6) is 3.01. The number of hydrogen-bond donors (Lipinski definition) is 0. The Morgan fingerprint density at radius 3 is 2.08 bits per heavy atom. The maximum absolute atomic E-state index is 6.93. The molecule has 4 heteroatoms. The minimum atomic E-state index is -0.403. The largest absolute Gasteiger partial charge is 0.458 e. The van der Waals surface area contributed by atoms with Gasteiger partial charge in [0.2, 0.25) is 0 Å². The fourth-order valence-corrected chi connectivity index (χ4v) is 11.8. The minimum absolute atomic E-state index is 0.0361. The monoisotopic (exact) mass is 834 g/mol. The van der Waals surface area contributed by atoms with Crippen LogP contribution < -0.4 is 9.80 Å². The first kappa shape index (κ1) is 38.9. The van der Waals surface area contributed by atoms with Crippen LogP contribution in [0.3, 0.4) is 0 Å². The average molecular weight is 835 g/mol. The number of fused-ring (bicyclic) bond motifs is 6. The highest BCUT2D eigenvalue weighted by Gasteiger charge is 2.51. The predicted octanol–water partition coefficient (Wildman–Crippen LogP) is 16.6. The van der Waals surface area contributed by atoms with Gasteiger partial charge >= 0.3 is 0 Å². The van der Waals surface area contributed by atoms with Gasteiger partial charge in [-0.25, -0.2) is 0 Å². The van der Waals surface area contributed by atoms with E-state index in [9.17, 15) is 0 Å². The standard InChI is InChI=1S/C60H54N2O2/c1-36(2)47-34-51(61(39-18-9-7-10-19-39)50-31-28-38(5)55-46-23-14-16-27-53(46)64-59(50)55)45-30-29-43-48(37(3)4)35-54(60(6)33-32-42(47)56(45)57(43)60)62(40-20-11-8-12-21-40)49-25-17-24-44-41-22-13-15-26-52(41)63-58(44)49/h7-24,26-27,29-38,49,57H,25,28H2,1-6H3. The van der Waals surface area contributed by atoms with Crippen LogP contribution >= 0.6 is 0 Å². The lowest BCUT2D eigenvalue weighted by Gasteiger charge is -2.52. The second kappa shape index (κ2) is 14.6. The fraction of sp³-hybridized carbons (Fsp3) is 0.233. The van der Waals surface area contributed by atoms with Crippen molar-refractivity contribution >= 4 is 62.9 Å². The number of rotatable bonds is 8. The predicted molar refractivity (Wildman–Crippen MR) is 267 cm³/mol. The molecule has 4 atom stereocenters. The number of benzene rings is 5. The van der Waals surface area contributed by atoms with Crippen LogP contribution in [-0.4, -0.2) is 0 Å². The van der Waals surface area contributed by atoms with Crippen LogP contribution in [0.15, 0.2) is 171 Å². The van der Waals surface area contributed by atoms with Crippen molar-refractivity contribution < 1.29 is 8.83 Å². The summed E-state index contributed by atoms with van der Waals surface area (Å²) in [4.78, 5) is 5.15. The van der Waals surface area contributed by atoms with Gasteiger partial charge in [0.1, 0.15) is 16.9 Å². The smallest absolute Gasteiger partial charge is 0.155 e. The van der Waals surface area contributed by atoms with Crippen molar-refractivity contribution in [2.45, 2.75) is 78.2 Å². The van der Waals surface area contributed by atoms with Crippen LogP contribution in [0.25, 0.3) is 45.9 Å². The summed E-state index contributed by atoms with van der Waals surface area (Å²) in [7, 11) is 0. The third kappa shape index (κ3) is 5.67. The molecule has 2 aromatic heterocycles. The van der Waals surface area contributed by atoms with Gasteiger partial charge in [0, 0.05) is 55.9 Å². The Balaban J connectivity index is 1.10. The van der Waals surface area contributed by atoms with Crippen LogP contribution in [0.5, 0.6) is 0 Å². The van der Waals surface area contributed by atoms with Gasteiger partial charge in [-0.1, -0.05) is 150 Å². The van der Waals surface area contributed by atoms with Crippen molar-refractivity contribution in [3.63, 3.8) is 0 Å². The number of anilines is 3. The first-order valence-electron chi connectivity index (χ1n) is 23.3. The van der Waals surface area contributed by atoms with Gasteiger partial charge in [-0.15, -0.1) is 0 Å². The molecule has 7 aromatic rings. The molecule has 0 fully saturated rings. The summed E-state index contributed by atoms with van der Waals surface area (Å²) < 4.78 is 13.8. The second-order valence-corrected chi connectivity index (χ2v) is 19.3. The van der Waals surface area contributed by atoms with Crippen LogP contribution in [0.1, 0.15) is 123 Å². The Kier molecular flexibility index (Phi) is 8.89. The van der Waals surface area contributed by atoms with Gasteiger partial charge < -0.3 is 18.6 Å². The minimum Gasteiger partial charge on any atom is -0.458 e. The lowest BCUT2D eigenvalue weighted by molar-refractivity contribution is 0.389. The SMILES string of the molecule is CC(C)C1=C2C=Cc3c(N(C4=CCC(C)c5c4oc4ccccc54)c4ccccc4)cc(C(C)C)c4c3C2C(C)(C=C4)C(N(c2ccccc2)C2CC=Cc3c2oc2ccccc32)=C1. The Labute approximate surface area is 376 Å². The van der Waals surface area contributed by atoms with Gasteiger partial charge in [-0.3, -0.25) is 0 Å². The number of allylic oxidation sites excluding steroid dienone is 6. The van der Waals surface area contributed by atoms with E-state index in [0.29, 0.717) is 11.8 Å². The summed E-state index contributed by atoms with van der Waals surface area (Å²) >= 11 is 0. The molecule has 2 heterocycles. The summed E-state index contributed by atoms with van der Waals surface area (Å²) in [6.45, 7) is 14.3. The maximum Gasteiger partial charge on any atom is 0.155 e.